The van der Waals surface area contributed by atoms with Crippen LogP contribution in [0.15, 0.2) is 36.5 Å². The summed E-state index contributed by atoms with van der Waals surface area (Å²) in [7, 11) is 0. The maximum absolute atomic E-state index is 9.15. The van der Waals surface area contributed by atoms with E-state index < -0.39 is 0 Å². The highest BCUT2D eigenvalue weighted by Crippen LogP contribution is 2.16. The summed E-state index contributed by atoms with van der Waals surface area (Å²) in [5.74, 6) is 0. The molecule has 1 aromatic carbocycles. The van der Waals surface area contributed by atoms with Crippen molar-refractivity contribution in [2.75, 3.05) is 11.9 Å². The third-order valence-electron chi connectivity index (χ3n) is 2.20. The van der Waals surface area contributed by atoms with Gasteiger partial charge in [-0.1, -0.05) is 6.07 Å². The van der Waals surface area contributed by atoms with Gasteiger partial charge < -0.3 is 10.4 Å². The largest absolute Gasteiger partial charge is 0.392 e. The van der Waals surface area contributed by atoms with E-state index in [0.29, 0.717) is 6.54 Å². The summed E-state index contributed by atoms with van der Waals surface area (Å²) in [6.45, 7) is 2.32. The fourth-order valence-electron chi connectivity index (χ4n) is 1.45. The maximum Gasteiger partial charge on any atom is 0.0703 e. The van der Waals surface area contributed by atoms with Gasteiger partial charge in [0.05, 0.1) is 11.6 Å². The molecule has 0 saturated carbocycles. The normalized spacial score (nSPS) is 12.7. The van der Waals surface area contributed by atoms with E-state index in [4.69, 9.17) is 5.11 Å². The van der Waals surface area contributed by atoms with Gasteiger partial charge in [-0.15, -0.1) is 0 Å². The zero-order valence-corrected chi connectivity index (χ0v) is 8.64. The molecule has 3 heteroatoms. The molecule has 0 radical (unpaired) electrons. The highest BCUT2D eigenvalue weighted by molar-refractivity contribution is 5.82. The molecule has 0 aliphatic carbocycles. The lowest BCUT2D eigenvalue weighted by Crippen LogP contribution is -2.15. The molecule has 0 saturated heterocycles. The lowest BCUT2D eigenvalue weighted by molar-refractivity contribution is 0.208. The van der Waals surface area contributed by atoms with Gasteiger partial charge in [-0.3, -0.25) is 4.98 Å². The molecule has 2 rings (SSSR count). The van der Waals surface area contributed by atoms with Crippen LogP contribution < -0.4 is 5.32 Å². The van der Waals surface area contributed by atoms with E-state index in [2.05, 4.69) is 10.3 Å². The lowest BCUT2D eigenvalue weighted by atomic mass is 10.2. The summed E-state index contributed by atoms with van der Waals surface area (Å²) >= 11 is 0. The molecule has 78 valence electrons. The van der Waals surface area contributed by atoms with E-state index in [0.717, 1.165) is 16.6 Å². The number of rotatable bonds is 3. The molecular weight excluding hydrogens is 188 g/mol. The van der Waals surface area contributed by atoms with E-state index >= 15 is 0 Å². The highest BCUT2D eigenvalue weighted by atomic mass is 16.3. The number of nitrogens with zero attached hydrogens (tertiary/aromatic N) is 1. The third-order valence-corrected chi connectivity index (χ3v) is 2.20. The highest BCUT2D eigenvalue weighted by Gasteiger charge is 1.98. The number of aliphatic hydroxyl groups excluding tert-OH is 1. The van der Waals surface area contributed by atoms with Crippen LogP contribution in [0.4, 0.5) is 5.69 Å². The smallest absolute Gasteiger partial charge is 0.0703 e. The van der Waals surface area contributed by atoms with E-state index in [1.807, 2.05) is 30.3 Å². The molecule has 1 unspecified atom stereocenters. The maximum atomic E-state index is 9.15. The first-order valence-corrected chi connectivity index (χ1v) is 5.02. The van der Waals surface area contributed by atoms with Gasteiger partial charge in [-0.25, -0.2) is 0 Å². The second-order valence-corrected chi connectivity index (χ2v) is 3.64. The van der Waals surface area contributed by atoms with Gasteiger partial charge in [0.1, 0.15) is 0 Å². The van der Waals surface area contributed by atoms with Crippen molar-refractivity contribution in [3.63, 3.8) is 0 Å². The Bertz CT molecular complexity index is 454. The van der Waals surface area contributed by atoms with Crippen LogP contribution in [-0.2, 0) is 0 Å². The predicted molar refractivity (Wildman–Crippen MR) is 61.9 cm³/mol. The van der Waals surface area contributed by atoms with E-state index in [9.17, 15) is 0 Å². The zero-order chi connectivity index (χ0) is 10.7. The first-order valence-electron chi connectivity index (χ1n) is 5.02. The number of benzene rings is 1. The molecule has 1 heterocycles. The topological polar surface area (TPSA) is 45.1 Å². The Hall–Kier alpha value is -1.61. The molecule has 2 aromatic rings. The Balaban J connectivity index is 2.23. The summed E-state index contributed by atoms with van der Waals surface area (Å²) in [6.07, 6.45) is 1.44. The van der Waals surface area contributed by atoms with Crippen LogP contribution in [0.25, 0.3) is 10.9 Å². The van der Waals surface area contributed by atoms with Crippen molar-refractivity contribution in [2.24, 2.45) is 0 Å². The molecule has 0 fully saturated rings. The molecule has 0 spiro atoms. The van der Waals surface area contributed by atoms with Gasteiger partial charge in [0.25, 0.3) is 0 Å². The minimum atomic E-state index is -0.338. The molecule has 0 aliphatic rings. The van der Waals surface area contributed by atoms with E-state index in [-0.39, 0.29) is 6.10 Å². The molecule has 0 bridgehead atoms. The number of aromatic nitrogens is 1. The SMILES string of the molecule is CC(O)CNc1ccc2ncccc2c1. The van der Waals surface area contributed by atoms with Crippen molar-refractivity contribution >= 4 is 16.6 Å². The number of hydrogen-bond donors (Lipinski definition) is 2. The summed E-state index contributed by atoms with van der Waals surface area (Å²) in [5.41, 5.74) is 2.00. The number of nitrogens with one attached hydrogen (secondary N) is 1. The molecule has 0 amide bonds. The Labute approximate surface area is 88.8 Å². The molecule has 1 aromatic heterocycles. The van der Waals surface area contributed by atoms with Crippen LogP contribution >= 0.6 is 0 Å². The number of fused-ring (bicyclic) bond motifs is 1. The summed E-state index contributed by atoms with van der Waals surface area (Å²) in [4.78, 5) is 4.24. The van der Waals surface area contributed by atoms with Crippen LogP contribution in [0, 0.1) is 0 Å². The van der Waals surface area contributed by atoms with Crippen molar-refractivity contribution in [3.8, 4) is 0 Å². The molecule has 15 heavy (non-hydrogen) atoms. The molecule has 1 atom stereocenters. The lowest BCUT2D eigenvalue weighted by Gasteiger charge is -2.08. The van der Waals surface area contributed by atoms with Crippen LogP contribution in [0.5, 0.6) is 0 Å². The van der Waals surface area contributed by atoms with Crippen molar-refractivity contribution in [1.82, 2.24) is 4.98 Å². The van der Waals surface area contributed by atoms with E-state index in [1.165, 1.54) is 0 Å². The average molecular weight is 202 g/mol. The van der Waals surface area contributed by atoms with Crippen LogP contribution in [0.3, 0.4) is 0 Å². The second-order valence-electron chi connectivity index (χ2n) is 3.64. The van der Waals surface area contributed by atoms with Gasteiger partial charge in [-0.2, -0.15) is 0 Å². The van der Waals surface area contributed by atoms with Gasteiger partial charge in [-0.05, 0) is 31.2 Å². The standard InChI is InChI=1S/C12H14N2O/c1-9(15)8-14-11-4-5-12-10(7-11)3-2-6-13-12/h2-7,9,14-15H,8H2,1H3. The molecule has 2 N–H and O–H groups in total. The zero-order valence-electron chi connectivity index (χ0n) is 8.64. The number of hydrogen-bond acceptors (Lipinski definition) is 3. The van der Waals surface area contributed by atoms with Gasteiger partial charge >= 0.3 is 0 Å². The Kier molecular flexibility index (Phi) is 2.83. The Morgan fingerprint density at radius 3 is 3.07 bits per heavy atom. The Morgan fingerprint density at radius 2 is 2.27 bits per heavy atom. The monoisotopic (exact) mass is 202 g/mol. The molecule has 3 nitrogen and oxygen atoms in total. The van der Waals surface area contributed by atoms with Crippen molar-refractivity contribution in [3.05, 3.63) is 36.5 Å². The fraction of sp³-hybridized carbons (Fsp3) is 0.250. The molecular formula is C12H14N2O. The number of anilines is 1. The quantitative estimate of drug-likeness (QED) is 0.800. The van der Waals surface area contributed by atoms with Crippen molar-refractivity contribution in [1.29, 1.82) is 0 Å². The average Bonchev–Trinajstić information content (AvgIpc) is 2.26. The Morgan fingerprint density at radius 1 is 1.40 bits per heavy atom. The van der Waals surface area contributed by atoms with Gasteiger partial charge in [0.2, 0.25) is 0 Å². The minimum absolute atomic E-state index is 0.338. The summed E-state index contributed by atoms with van der Waals surface area (Å²) in [6, 6.07) is 9.92. The first-order chi connectivity index (χ1) is 7.25. The number of pyridine rings is 1. The fourth-order valence-corrected chi connectivity index (χ4v) is 1.45. The molecule has 0 aliphatic heterocycles. The van der Waals surface area contributed by atoms with Crippen LogP contribution in [0.2, 0.25) is 0 Å². The second kappa shape index (κ2) is 4.28. The predicted octanol–water partition coefficient (Wildman–Crippen LogP) is 2.03. The van der Waals surface area contributed by atoms with Crippen molar-refractivity contribution < 1.29 is 5.11 Å². The van der Waals surface area contributed by atoms with E-state index in [1.54, 1.807) is 13.1 Å². The van der Waals surface area contributed by atoms with Crippen LogP contribution in [0.1, 0.15) is 6.92 Å². The summed E-state index contributed by atoms with van der Waals surface area (Å²) < 4.78 is 0. The van der Waals surface area contributed by atoms with Gasteiger partial charge in [0.15, 0.2) is 0 Å². The summed E-state index contributed by atoms with van der Waals surface area (Å²) in [5, 5.41) is 13.4. The first kappa shape index (κ1) is 9.93. The van der Waals surface area contributed by atoms with Gasteiger partial charge in [0, 0.05) is 23.8 Å². The minimum Gasteiger partial charge on any atom is -0.392 e. The van der Waals surface area contributed by atoms with Crippen molar-refractivity contribution in [2.45, 2.75) is 13.0 Å². The third kappa shape index (κ3) is 2.44. The van der Waals surface area contributed by atoms with Crippen LogP contribution in [-0.4, -0.2) is 22.7 Å². The number of aliphatic hydroxyl groups is 1.